The van der Waals surface area contributed by atoms with Gasteiger partial charge in [0.1, 0.15) is 0 Å². The number of anilines is 1. The molecule has 0 aliphatic rings. The summed E-state index contributed by atoms with van der Waals surface area (Å²) < 4.78 is 3.26. The van der Waals surface area contributed by atoms with Gasteiger partial charge in [0.05, 0.1) is 0 Å². The van der Waals surface area contributed by atoms with Crippen LogP contribution in [0.15, 0.2) is 36.4 Å². The number of nitrogens with one attached hydrogen (secondary N) is 1. The van der Waals surface area contributed by atoms with Crippen molar-refractivity contribution in [3.8, 4) is 0 Å². The van der Waals surface area contributed by atoms with Crippen LogP contribution in [0.5, 0.6) is 0 Å². The van der Waals surface area contributed by atoms with E-state index in [1.807, 2.05) is 6.26 Å². The lowest BCUT2D eigenvalue weighted by molar-refractivity contribution is 0.735. The molecule has 0 amide bonds. The third-order valence-electron chi connectivity index (χ3n) is 3.27. The zero-order valence-corrected chi connectivity index (χ0v) is 11.5. The minimum absolute atomic E-state index is 0.642. The number of hydrogen-bond donors (Lipinski definition) is 1. The van der Waals surface area contributed by atoms with Crippen LogP contribution in [0.25, 0.3) is 10.8 Å². The van der Waals surface area contributed by atoms with E-state index in [4.69, 9.17) is 0 Å². The van der Waals surface area contributed by atoms with Crippen LogP contribution in [0.1, 0.15) is 31.7 Å². The van der Waals surface area contributed by atoms with Crippen molar-refractivity contribution >= 4 is 28.4 Å². The number of rotatable bonds is 4. The summed E-state index contributed by atoms with van der Waals surface area (Å²) >= 11 is 1.62. The average molecular weight is 245 g/mol. The highest BCUT2D eigenvalue weighted by molar-refractivity contribution is 7.99. The highest BCUT2D eigenvalue weighted by Gasteiger charge is 2.04. The molecule has 1 nitrogen and oxygen atoms in total. The number of hydrogen-bond acceptors (Lipinski definition) is 2. The lowest BCUT2D eigenvalue weighted by atomic mass is 9.96. The zero-order chi connectivity index (χ0) is 12.3. The van der Waals surface area contributed by atoms with Crippen LogP contribution in [0, 0.1) is 0 Å². The molecule has 1 unspecified atom stereocenters. The van der Waals surface area contributed by atoms with Crippen molar-refractivity contribution in [1.29, 1.82) is 0 Å². The van der Waals surface area contributed by atoms with Crippen molar-refractivity contribution in [2.24, 2.45) is 0 Å². The molecule has 0 saturated heterocycles. The fraction of sp³-hybridized carbons (Fsp3) is 0.333. The molecule has 2 aromatic rings. The highest BCUT2D eigenvalue weighted by Crippen LogP contribution is 2.26. The van der Waals surface area contributed by atoms with Crippen LogP contribution in [0.2, 0.25) is 0 Å². The van der Waals surface area contributed by atoms with E-state index in [-0.39, 0.29) is 0 Å². The van der Waals surface area contributed by atoms with Crippen molar-refractivity contribution < 1.29 is 0 Å². The van der Waals surface area contributed by atoms with Gasteiger partial charge in [0.25, 0.3) is 0 Å². The molecule has 0 heterocycles. The summed E-state index contributed by atoms with van der Waals surface area (Å²) in [5.74, 6) is 0.642. The van der Waals surface area contributed by atoms with E-state index in [1.165, 1.54) is 28.4 Å². The Balaban J connectivity index is 2.39. The van der Waals surface area contributed by atoms with Crippen LogP contribution in [0.3, 0.4) is 0 Å². The Hall–Kier alpha value is -1.15. The van der Waals surface area contributed by atoms with Crippen LogP contribution in [0.4, 0.5) is 5.69 Å². The van der Waals surface area contributed by atoms with Gasteiger partial charge in [0.15, 0.2) is 0 Å². The first-order chi connectivity index (χ1) is 8.24. The van der Waals surface area contributed by atoms with E-state index in [0.717, 1.165) is 0 Å². The smallest absolute Gasteiger partial charge is 0.0446 e. The molecule has 0 bridgehead atoms. The summed E-state index contributed by atoms with van der Waals surface area (Å²) in [6, 6.07) is 13.3. The summed E-state index contributed by atoms with van der Waals surface area (Å²) in [5, 5.41) is 2.63. The van der Waals surface area contributed by atoms with E-state index >= 15 is 0 Å². The molecule has 0 aromatic heterocycles. The second-order valence-corrected chi connectivity index (χ2v) is 5.05. The van der Waals surface area contributed by atoms with Gasteiger partial charge in [0, 0.05) is 11.9 Å². The Morgan fingerprint density at radius 1 is 1.12 bits per heavy atom. The molecular formula is C15H19NS. The maximum Gasteiger partial charge on any atom is 0.0446 e. The Morgan fingerprint density at radius 2 is 1.82 bits per heavy atom. The Labute approximate surface area is 108 Å². The van der Waals surface area contributed by atoms with Crippen molar-refractivity contribution in [3.63, 3.8) is 0 Å². The molecule has 0 aliphatic carbocycles. The van der Waals surface area contributed by atoms with Gasteiger partial charge in [-0.05, 0) is 40.8 Å². The maximum absolute atomic E-state index is 3.26. The van der Waals surface area contributed by atoms with Gasteiger partial charge in [-0.1, -0.05) is 50.1 Å². The predicted octanol–water partition coefficient (Wildman–Crippen LogP) is 5.04. The summed E-state index contributed by atoms with van der Waals surface area (Å²) in [7, 11) is 0. The van der Waals surface area contributed by atoms with E-state index < -0.39 is 0 Å². The molecular weight excluding hydrogens is 226 g/mol. The van der Waals surface area contributed by atoms with Gasteiger partial charge in [0.2, 0.25) is 0 Å². The molecule has 0 saturated carbocycles. The first kappa shape index (κ1) is 12.3. The maximum atomic E-state index is 3.26. The summed E-state index contributed by atoms with van der Waals surface area (Å²) in [4.78, 5) is 0. The quantitative estimate of drug-likeness (QED) is 0.757. The Morgan fingerprint density at radius 3 is 2.53 bits per heavy atom. The molecule has 0 aliphatic heterocycles. The normalized spacial score (nSPS) is 12.6. The minimum Gasteiger partial charge on any atom is -0.330 e. The third-order valence-corrected chi connectivity index (χ3v) is 3.71. The van der Waals surface area contributed by atoms with Crippen molar-refractivity contribution in [2.45, 2.75) is 26.2 Å². The lowest BCUT2D eigenvalue weighted by Crippen LogP contribution is -1.91. The Bertz CT molecular complexity index is 507. The molecule has 0 spiro atoms. The zero-order valence-electron chi connectivity index (χ0n) is 10.7. The first-order valence-corrected chi connectivity index (χ1v) is 7.29. The second-order valence-electron chi connectivity index (χ2n) is 4.44. The van der Waals surface area contributed by atoms with Crippen molar-refractivity contribution in [2.75, 3.05) is 11.0 Å². The van der Waals surface area contributed by atoms with E-state index in [2.05, 4.69) is 55.0 Å². The largest absolute Gasteiger partial charge is 0.330 e. The fourth-order valence-corrected chi connectivity index (χ4v) is 2.35. The molecule has 2 aromatic carbocycles. The van der Waals surface area contributed by atoms with Crippen LogP contribution in [-0.4, -0.2) is 6.26 Å². The fourth-order valence-electron chi connectivity index (χ4n) is 1.99. The van der Waals surface area contributed by atoms with Gasteiger partial charge in [-0.2, -0.15) is 0 Å². The summed E-state index contributed by atoms with van der Waals surface area (Å²) in [5.41, 5.74) is 2.60. The monoisotopic (exact) mass is 245 g/mol. The topological polar surface area (TPSA) is 12.0 Å². The van der Waals surface area contributed by atoms with Gasteiger partial charge in [-0.15, -0.1) is 0 Å². The molecule has 0 fully saturated rings. The highest BCUT2D eigenvalue weighted by atomic mass is 32.2. The van der Waals surface area contributed by atoms with Gasteiger partial charge in [-0.25, -0.2) is 0 Å². The molecule has 90 valence electrons. The third kappa shape index (κ3) is 2.75. The van der Waals surface area contributed by atoms with Crippen molar-refractivity contribution in [1.82, 2.24) is 0 Å². The number of benzene rings is 2. The van der Waals surface area contributed by atoms with Gasteiger partial charge < -0.3 is 4.72 Å². The minimum atomic E-state index is 0.642. The summed E-state index contributed by atoms with van der Waals surface area (Å²) in [6.07, 6.45) is 3.23. The van der Waals surface area contributed by atoms with E-state index in [0.29, 0.717) is 5.92 Å². The van der Waals surface area contributed by atoms with Crippen LogP contribution < -0.4 is 4.72 Å². The lowest BCUT2D eigenvalue weighted by Gasteiger charge is -2.11. The predicted molar refractivity (Wildman–Crippen MR) is 79.8 cm³/mol. The molecule has 17 heavy (non-hydrogen) atoms. The molecule has 0 radical (unpaired) electrons. The van der Waals surface area contributed by atoms with Gasteiger partial charge >= 0.3 is 0 Å². The molecule has 2 heteroatoms. The second kappa shape index (κ2) is 5.46. The first-order valence-electron chi connectivity index (χ1n) is 6.07. The standard InChI is InChI=1S/C15H19NS/c1-4-11(2)12-5-6-14-10-15(16-17-3)8-7-13(14)9-12/h5-11,16H,4H2,1-3H3. The molecule has 1 N–H and O–H groups in total. The van der Waals surface area contributed by atoms with Crippen LogP contribution in [-0.2, 0) is 0 Å². The van der Waals surface area contributed by atoms with Gasteiger partial charge in [-0.3, -0.25) is 0 Å². The Kier molecular flexibility index (Phi) is 3.95. The van der Waals surface area contributed by atoms with E-state index in [9.17, 15) is 0 Å². The summed E-state index contributed by atoms with van der Waals surface area (Å²) in [6.45, 7) is 4.52. The van der Waals surface area contributed by atoms with Crippen LogP contribution >= 0.6 is 11.9 Å². The molecule has 2 rings (SSSR count). The average Bonchev–Trinajstić information content (AvgIpc) is 2.37. The van der Waals surface area contributed by atoms with Crippen molar-refractivity contribution in [3.05, 3.63) is 42.0 Å². The SMILES string of the molecule is CCC(C)c1ccc2cc(NSC)ccc2c1. The number of fused-ring (bicyclic) bond motifs is 1. The molecule has 1 atom stereocenters. The van der Waals surface area contributed by atoms with E-state index in [1.54, 1.807) is 11.9 Å².